The lowest BCUT2D eigenvalue weighted by molar-refractivity contribution is -0.385. The van der Waals surface area contributed by atoms with Gasteiger partial charge in [0, 0.05) is 28.9 Å². The van der Waals surface area contributed by atoms with Crippen molar-refractivity contribution in [3.8, 4) is 0 Å². The molecule has 0 radical (unpaired) electrons. The van der Waals surface area contributed by atoms with E-state index < -0.39 is 14.9 Å². The fourth-order valence-corrected chi connectivity index (χ4v) is 3.15. The lowest BCUT2D eigenvalue weighted by Crippen LogP contribution is -2.17. The molecule has 0 heterocycles. The van der Waals surface area contributed by atoms with E-state index in [-0.39, 0.29) is 28.1 Å². The van der Waals surface area contributed by atoms with Crippen LogP contribution in [0.5, 0.6) is 0 Å². The number of hydrogen-bond donors (Lipinski definition) is 2. The molecule has 0 saturated carbocycles. The number of carbonyl (C=O) groups is 1. The molecule has 0 fully saturated rings. The first-order chi connectivity index (χ1) is 12.1. The summed E-state index contributed by atoms with van der Waals surface area (Å²) >= 11 is 0. The van der Waals surface area contributed by atoms with E-state index in [1.165, 1.54) is 31.2 Å². The summed E-state index contributed by atoms with van der Waals surface area (Å²) < 4.78 is 27.2. The normalized spacial score (nSPS) is 11.2. The third-order valence-corrected chi connectivity index (χ3v) is 5.00. The minimum atomic E-state index is -3.98. The molecule has 9 heteroatoms. The van der Waals surface area contributed by atoms with Gasteiger partial charge in [-0.15, -0.1) is 0 Å². The summed E-state index contributed by atoms with van der Waals surface area (Å²) in [5.41, 5.74) is 0.923. The van der Waals surface area contributed by atoms with Crippen LogP contribution in [0.1, 0.15) is 19.4 Å². The third kappa shape index (κ3) is 4.57. The maximum atomic E-state index is 12.4. The Hall–Kier alpha value is -2.94. The van der Waals surface area contributed by atoms with Crippen molar-refractivity contribution in [3.05, 3.63) is 58.1 Å². The largest absolute Gasteiger partial charge is 0.326 e. The molecule has 0 bridgehead atoms. The van der Waals surface area contributed by atoms with Crippen molar-refractivity contribution in [2.45, 2.75) is 25.7 Å². The highest BCUT2D eigenvalue weighted by atomic mass is 32.2. The van der Waals surface area contributed by atoms with Crippen LogP contribution in [0.2, 0.25) is 0 Å². The molecule has 0 spiro atoms. The summed E-state index contributed by atoms with van der Waals surface area (Å²) in [4.78, 5) is 21.8. The highest BCUT2D eigenvalue weighted by Crippen LogP contribution is 2.24. The van der Waals surface area contributed by atoms with Gasteiger partial charge >= 0.3 is 0 Å². The van der Waals surface area contributed by atoms with Crippen LogP contribution in [0.15, 0.2) is 47.4 Å². The number of anilines is 2. The number of nitro benzene ring substituents is 1. The fourth-order valence-electron chi connectivity index (χ4n) is 2.08. The van der Waals surface area contributed by atoms with Crippen molar-refractivity contribution in [1.29, 1.82) is 0 Å². The number of amides is 1. The minimum Gasteiger partial charge on any atom is -0.326 e. The Morgan fingerprint density at radius 1 is 1.08 bits per heavy atom. The maximum absolute atomic E-state index is 12.4. The van der Waals surface area contributed by atoms with Gasteiger partial charge in [0.05, 0.1) is 9.82 Å². The number of nitrogens with one attached hydrogen (secondary N) is 2. The van der Waals surface area contributed by atoms with Crippen molar-refractivity contribution >= 4 is 33.0 Å². The summed E-state index contributed by atoms with van der Waals surface area (Å²) in [7, 11) is -3.98. The zero-order valence-electron chi connectivity index (χ0n) is 14.5. The number of rotatable bonds is 6. The van der Waals surface area contributed by atoms with Gasteiger partial charge in [-0.2, -0.15) is 0 Å². The predicted molar refractivity (Wildman–Crippen MR) is 98.6 cm³/mol. The molecule has 0 unspecified atom stereocenters. The summed E-state index contributed by atoms with van der Waals surface area (Å²) in [6.45, 7) is 5.06. The second kappa shape index (κ2) is 7.52. The molecule has 1 amide bonds. The predicted octanol–water partition coefficient (Wildman–Crippen LogP) is 3.30. The standard InChI is InChI=1S/C17H19N3O5S/c1-11(2)17(21)18-13-5-7-14(8-6-13)19-26(24,25)15-9-4-12(3)16(10-15)20(22)23/h4-11,19H,1-3H3,(H,18,21). The number of hydrogen-bond acceptors (Lipinski definition) is 5. The Morgan fingerprint density at radius 2 is 1.65 bits per heavy atom. The topological polar surface area (TPSA) is 118 Å². The van der Waals surface area contributed by atoms with Gasteiger partial charge in [0.1, 0.15) is 0 Å². The van der Waals surface area contributed by atoms with Crippen LogP contribution in [0.3, 0.4) is 0 Å². The molecule has 0 aliphatic carbocycles. The van der Waals surface area contributed by atoms with Gasteiger partial charge in [-0.1, -0.05) is 19.9 Å². The van der Waals surface area contributed by atoms with Gasteiger partial charge in [-0.25, -0.2) is 8.42 Å². The smallest absolute Gasteiger partial charge is 0.273 e. The number of benzene rings is 2. The quantitative estimate of drug-likeness (QED) is 0.591. The van der Waals surface area contributed by atoms with Crippen LogP contribution in [0.4, 0.5) is 17.1 Å². The average Bonchev–Trinajstić information content (AvgIpc) is 2.56. The molecule has 2 N–H and O–H groups in total. The zero-order chi connectivity index (χ0) is 19.5. The molecule has 2 aromatic rings. The number of sulfonamides is 1. The zero-order valence-corrected chi connectivity index (χ0v) is 15.3. The lowest BCUT2D eigenvalue weighted by atomic mass is 10.2. The van der Waals surface area contributed by atoms with E-state index in [0.29, 0.717) is 11.3 Å². The third-order valence-electron chi connectivity index (χ3n) is 3.62. The lowest BCUT2D eigenvalue weighted by Gasteiger charge is -2.11. The summed E-state index contributed by atoms with van der Waals surface area (Å²) in [5.74, 6) is -0.323. The Bertz CT molecular complexity index is 937. The first kappa shape index (κ1) is 19.4. The van der Waals surface area contributed by atoms with E-state index in [2.05, 4.69) is 10.0 Å². The number of nitro groups is 1. The molecule has 26 heavy (non-hydrogen) atoms. The van der Waals surface area contributed by atoms with E-state index in [1.807, 2.05) is 0 Å². The van der Waals surface area contributed by atoms with Gasteiger partial charge < -0.3 is 5.32 Å². The van der Waals surface area contributed by atoms with Gasteiger partial charge in [-0.05, 0) is 37.3 Å². The number of carbonyl (C=O) groups excluding carboxylic acids is 1. The Morgan fingerprint density at radius 3 is 2.19 bits per heavy atom. The molecule has 0 atom stereocenters. The van der Waals surface area contributed by atoms with Crippen LogP contribution in [0.25, 0.3) is 0 Å². The maximum Gasteiger partial charge on any atom is 0.273 e. The number of aryl methyl sites for hydroxylation is 1. The van der Waals surface area contributed by atoms with Crippen molar-refractivity contribution in [2.24, 2.45) is 5.92 Å². The van der Waals surface area contributed by atoms with E-state index in [0.717, 1.165) is 6.07 Å². The van der Waals surface area contributed by atoms with Gasteiger partial charge in [0.15, 0.2) is 0 Å². The van der Waals surface area contributed by atoms with Crippen molar-refractivity contribution < 1.29 is 18.1 Å². The average molecular weight is 377 g/mol. The molecule has 2 rings (SSSR count). The number of nitrogens with zero attached hydrogens (tertiary/aromatic N) is 1. The van der Waals surface area contributed by atoms with Crippen molar-refractivity contribution in [1.82, 2.24) is 0 Å². The molecule has 0 aromatic heterocycles. The first-order valence-electron chi connectivity index (χ1n) is 7.79. The fraction of sp³-hybridized carbons (Fsp3) is 0.235. The second-order valence-corrected chi connectivity index (χ2v) is 7.71. The monoisotopic (exact) mass is 377 g/mol. The SMILES string of the molecule is Cc1ccc(S(=O)(=O)Nc2ccc(NC(=O)C(C)C)cc2)cc1[N+](=O)[O-]. The molecule has 2 aromatic carbocycles. The molecule has 0 saturated heterocycles. The Kier molecular flexibility index (Phi) is 5.61. The summed E-state index contributed by atoms with van der Waals surface area (Å²) in [6, 6.07) is 9.84. The minimum absolute atomic E-state index is 0.148. The van der Waals surface area contributed by atoms with Crippen LogP contribution in [-0.2, 0) is 14.8 Å². The van der Waals surface area contributed by atoms with E-state index in [4.69, 9.17) is 0 Å². The van der Waals surface area contributed by atoms with Crippen LogP contribution in [0, 0.1) is 23.0 Å². The van der Waals surface area contributed by atoms with Gasteiger partial charge in [0.2, 0.25) is 5.91 Å². The van der Waals surface area contributed by atoms with E-state index >= 15 is 0 Å². The highest BCUT2D eigenvalue weighted by Gasteiger charge is 2.20. The van der Waals surface area contributed by atoms with Crippen molar-refractivity contribution in [3.63, 3.8) is 0 Å². The highest BCUT2D eigenvalue weighted by molar-refractivity contribution is 7.92. The van der Waals surface area contributed by atoms with Gasteiger partial charge in [0.25, 0.3) is 15.7 Å². The Labute approximate surface area is 151 Å². The first-order valence-corrected chi connectivity index (χ1v) is 9.27. The Balaban J connectivity index is 2.20. The summed E-state index contributed by atoms with van der Waals surface area (Å²) in [5, 5.41) is 13.7. The molecule has 0 aliphatic heterocycles. The van der Waals surface area contributed by atoms with E-state index in [9.17, 15) is 23.3 Å². The van der Waals surface area contributed by atoms with Gasteiger partial charge in [-0.3, -0.25) is 19.6 Å². The van der Waals surface area contributed by atoms with Crippen LogP contribution in [-0.4, -0.2) is 19.2 Å². The van der Waals surface area contributed by atoms with Crippen LogP contribution >= 0.6 is 0 Å². The second-order valence-electron chi connectivity index (χ2n) is 6.03. The molecular weight excluding hydrogens is 358 g/mol. The van der Waals surface area contributed by atoms with E-state index in [1.54, 1.807) is 26.0 Å². The summed E-state index contributed by atoms with van der Waals surface area (Å²) in [6.07, 6.45) is 0. The van der Waals surface area contributed by atoms with Crippen molar-refractivity contribution in [2.75, 3.05) is 10.0 Å². The molecule has 0 aliphatic rings. The van der Waals surface area contributed by atoms with Crippen LogP contribution < -0.4 is 10.0 Å². The molecule has 138 valence electrons. The molecular formula is C17H19N3O5S. The molecule has 8 nitrogen and oxygen atoms in total.